The van der Waals surface area contributed by atoms with Gasteiger partial charge in [-0.2, -0.15) is 0 Å². The molecule has 2 N–H and O–H groups in total. The third-order valence-corrected chi connectivity index (χ3v) is 5.43. The molecule has 3 aromatic rings. The van der Waals surface area contributed by atoms with Gasteiger partial charge in [0.15, 0.2) is 17.2 Å². The van der Waals surface area contributed by atoms with Crippen molar-refractivity contribution in [2.24, 2.45) is 0 Å². The molecule has 0 bridgehead atoms. The second-order valence-corrected chi connectivity index (χ2v) is 7.69. The van der Waals surface area contributed by atoms with Crippen molar-refractivity contribution in [2.75, 3.05) is 43.5 Å². The molecule has 2 saturated heterocycles. The lowest BCUT2D eigenvalue weighted by Gasteiger charge is -2.39. The highest BCUT2D eigenvalue weighted by molar-refractivity contribution is 5.65. The Morgan fingerprint density at radius 3 is 2.87 bits per heavy atom. The summed E-state index contributed by atoms with van der Waals surface area (Å²) in [5, 5.41) is 10.7. The maximum Gasteiger partial charge on any atom is 0.282 e. The largest absolute Gasteiger partial charge is 0.493 e. The first-order valence-electron chi connectivity index (χ1n) is 9.94. The van der Waals surface area contributed by atoms with Crippen LogP contribution in [0.4, 0.5) is 24.9 Å². The van der Waals surface area contributed by atoms with E-state index in [1.165, 1.54) is 16.5 Å². The molecule has 164 valence electrons. The maximum absolute atomic E-state index is 14.1. The van der Waals surface area contributed by atoms with Crippen LogP contribution >= 0.6 is 0 Å². The van der Waals surface area contributed by atoms with Gasteiger partial charge in [0, 0.05) is 18.8 Å². The third-order valence-electron chi connectivity index (χ3n) is 5.43. The molecular formula is C19H21F3N8O. The van der Waals surface area contributed by atoms with Gasteiger partial charge in [-0.05, 0) is 19.0 Å². The number of methoxy groups -OCH3 is 1. The summed E-state index contributed by atoms with van der Waals surface area (Å²) in [5.74, 6) is -1.78. The highest BCUT2D eigenvalue weighted by atomic mass is 19.3. The van der Waals surface area contributed by atoms with E-state index in [0.717, 1.165) is 0 Å². The molecular weight excluding hydrogens is 413 g/mol. The van der Waals surface area contributed by atoms with Gasteiger partial charge in [-0.3, -0.25) is 0 Å². The van der Waals surface area contributed by atoms with Crippen molar-refractivity contribution in [3.05, 3.63) is 24.5 Å². The molecule has 9 nitrogen and oxygen atoms in total. The number of ether oxygens (including phenoxy) is 1. The van der Waals surface area contributed by atoms with E-state index in [4.69, 9.17) is 4.74 Å². The summed E-state index contributed by atoms with van der Waals surface area (Å²) in [6.45, 7) is 0.276. The van der Waals surface area contributed by atoms with E-state index in [9.17, 15) is 13.2 Å². The second-order valence-electron chi connectivity index (χ2n) is 7.69. The van der Waals surface area contributed by atoms with Gasteiger partial charge in [-0.15, -0.1) is 5.10 Å². The zero-order chi connectivity index (χ0) is 21.6. The molecule has 5 heterocycles. The van der Waals surface area contributed by atoms with E-state index >= 15 is 0 Å². The van der Waals surface area contributed by atoms with Crippen molar-refractivity contribution in [3.63, 3.8) is 0 Å². The van der Waals surface area contributed by atoms with Crippen LogP contribution in [0, 0.1) is 0 Å². The summed E-state index contributed by atoms with van der Waals surface area (Å²) in [5.41, 5.74) is 1.55. The standard InChI is InChI=1S/C19H21F3N8O/c1-31-15-6-16-25-8-14(30(16)28-17(15)29-9-19(21,22)10-29)12-3-5-24-18(26-12)27-13-7-23-4-2-11(13)20/h3,5-6,8,11,13,23H,2,4,7,9-10H2,1H3,(H,24,26,27)/t11-,13-/m0/s1. The minimum Gasteiger partial charge on any atom is -0.493 e. The number of halogens is 3. The lowest BCUT2D eigenvalue weighted by Crippen LogP contribution is -2.56. The average molecular weight is 434 g/mol. The summed E-state index contributed by atoms with van der Waals surface area (Å²) in [7, 11) is 1.46. The number of nitrogens with zero attached hydrogens (tertiary/aromatic N) is 6. The SMILES string of the molecule is COc1cc2ncc(-c3ccnc(N[C@H]4CNCC[C@@H]4F)n3)n2nc1N1CC(F)(F)C1. The predicted octanol–water partition coefficient (Wildman–Crippen LogP) is 1.76. The van der Waals surface area contributed by atoms with Crippen LogP contribution in [-0.2, 0) is 0 Å². The highest BCUT2D eigenvalue weighted by Crippen LogP contribution is 2.36. The molecule has 5 rings (SSSR count). The van der Waals surface area contributed by atoms with Crippen molar-refractivity contribution in [3.8, 4) is 17.1 Å². The van der Waals surface area contributed by atoms with E-state index in [2.05, 4.69) is 30.7 Å². The van der Waals surface area contributed by atoms with Crippen molar-refractivity contribution in [2.45, 2.75) is 24.6 Å². The third kappa shape index (κ3) is 3.71. The summed E-state index contributed by atoms with van der Waals surface area (Å²) in [6, 6.07) is 2.90. The fourth-order valence-electron chi connectivity index (χ4n) is 3.80. The number of fused-ring (bicyclic) bond motifs is 1. The fraction of sp³-hybridized carbons (Fsp3) is 0.474. The van der Waals surface area contributed by atoms with Crippen LogP contribution in [0.15, 0.2) is 24.5 Å². The molecule has 2 fully saturated rings. The topological polar surface area (TPSA) is 92.5 Å². The Bertz CT molecular complexity index is 1100. The number of hydrogen-bond acceptors (Lipinski definition) is 8. The predicted molar refractivity (Wildman–Crippen MR) is 108 cm³/mol. The quantitative estimate of drug-likeness (QED) is 0.628. The van der Waals surface area contributed by atoms with Gasteiger partial charge in [-0.1, -0.05) is 0 Å². The van der Waals surface area contributed by atoms with Crippen LogP contribution in [0.3, 0.4) is 0 Å². The van der Waals surface area contributed by atoms with Crippen LogP contribution in [0.2, 0.25) is 0 Å². The van der Waals surface area contributed by atoms with Crippen molar-refractivity contribution >= 4 is 17.4 Å². The lowest BCUT2D eigenvalue weighted by atomic mass is 10.1. The minimum absolute atomic E-state index is 0.292. The fourth-order valence-corrected chi connectivity index (χ4v) is 3.80. The van der Waals surface area contributed by atoms with Gasteiger partial charge in [0.05, 0.1) is 38.1 Å². The molecule has 2 aliphatic rings. The number of piperidine rings is 1. The van der Waals surface area contributed by atoms with Gasteiger partial charge in [0.25, 0.3) is 5.92 Å². The number of hydrogen-bond donors (Lipinski definition) is 2. The molecule has 0 saturated carbocycles. The van der Waals surface area contributed by atoms with E-state index < -0.39 is 31.2 Å². The van der Waals surface area contributed by atoms with Crippen LogP contribution in [0.5, 0.6) is 5.75 Å². The van der Waals surface area contributed by atoms with Gasteiger partial charge >= 0.3 is 0 Å². The summed E-state index contributed by atoms with van der Waals surface area (Å²) < 4.78 is 47.8. The van der Waals surface area contributed by atoms with E-state index in [1.54, 1.807) is 24.5 Å². The first kappa shape index (κ1) is 19.8. The Balaban J connectivity index is 1.47. The molecule has 31 heavy (non-hydrogen) atoms. The first-order chi connectivity index (χ1) is 14.9. The zero-order valence-electron chi connectivity index (χ0n) is 16.7. The molecule has 3 aromatic heterocycles. The Labute approximate surface area is 175 Å². The van der Waals surface area contributed by atoms with Crippen molar-refractivity contribution < 1.29 is 17.9 Å². The van der Waals surface area contributed by atoms with E-state index in [-0.39, 0.29) is 0 Å². The number of rotatable bonds is 5. The molecule has 0 spiro atoms. The number of nitrogens with one attached hydrogen (secondary N) is 2. The zero-order valence-corrected chi connectivity index (χ0v) is 16.7. The van der Waals surface area contributed by atoms with E-state index in [1.807, 2.05) is 0 Å². The Morgan fingerprint density at radius 2 is 2.13 bits per heavy atom. The monoisotopic (exact) mass is 434 g/mol. The lowest BCUT2D eigenvalue weighted by molar-refractivity contribution is -0.0270. The van der Waals surface area contributed by atoms with Gasteiger partial charge in [-0.25, -0.2) is 32.6 Å². The maximum atomic E-state index is 14.1. The average Bonchev–Trinajstić information content (AvgIpc) is 3.16. The van der Waals surface area contributed by atoms with Crippen molar-refractivity contribution in [1.29, 1.82) is 0 Å². The van der Waals surface area contributed by atoms with Crippen molar-refractivity contribution in [1.82, 2.24) is 29.9 Å². The Kier molecular flexibility index (Phi) is 4.80. The number of aromatic nitrogens is 5. The molecule has 0 aliphatic carbocycles. The number of alkyl halides is 3. The molecule has 0 amide bonds. The number of imidazole rings is 1. The van der Waals surface area contributed by atoms with E-state index in [0.29, 0.717) is 54.1 Å². The Morgan fingerprint density at radius 1 is 1.29 bits per heavy atom. The molecule has 0 radical (unpaired) electrons. The molecule has 2 aliphatic heterocycles. The number of anilines is 2. The second kappa shape index (κ2) is 7.52. The molecule has 0 unspecified atom stereocenters. The Hall–Kier alpha value is -3.15. The minimum atomic E-state index is -2.74. The van der Waals surface area contributed by atoms with Gasteiger partial charge in [0.1, 0.15) is 11.9 Å². The molecule has 2 atom stereocenters. The van der Waals surface area contributed by atoms with Crippen LogP contribution in [-0.4, -0.2) is 76.0 Å². The van der Waals surface area contributed by atoms with Crippen LogP contribution < -0.4 is 20.3 Å². The van der Waals surface area contributed by atoms with Gasteiger partial charge < -0.3 is 20.3 Å². The molecule has 12 heteroatoms. The summed E-state index contributed by atoms with van der Waals surface area (Å²) in [4.78, 5) is 14.5. The van der Waals surface area contributed by atoms with Crippen LogP contribution in [0.1, 0.15) is 6.42 Å². The normalized spacial score (nSPS) is 22.9. The summed E-state index contributed by atoms with van der Waals surface area (Å²) in [6.07, 6.45) is 2.58. The smallest absolute Gasteiger partial charge is 0.282 e. The highest BCUT2D eigenvalue weighted by Gasteiger charge is 2.45. The summed E-state index contributed by atoms with van der Waals surface area (Å²) >= 11 is 0. The van der Waals surface area contributed by atoms with Crippen LogP contribution in [0.25, 0.3) is 17.0 Å². The first-order valence-corrected chi connectivity index (χ1v) is 9.94. The molecule has 0 aromatic carbocycles. The van der Waals surface area contributed by atoms with Gasteiger partial charge in [0.2, 0.25) is 5.95 Å².